The third-order valence-corrected chi connectivity index (χ3v) is 6.74. The summed E-state index contributed by atoms with van der Waals surface area (Å²) in [6.45, 7) is 7.80. The van der Waals surface area contributed by atoms with E-state index in [1.165, 1.54) is 17.8 Å². The van der Waals surface area contributed by atoms with Crippen LogP contribution in [0.4, 0.5) is 5.69 Å². The topological polar surface area (TPSA) is 115 Å². The summed E-state index contributed by atoms with van der Waals surface area (Å²) < 4.78 is 7.03. The fraction of sp³-hybridized carbons (Fsp3) is 0.320. The fourth-order valence-corrected chi connectivity index (χ4v) is 4.45. The van der Waals surface area contributed by atoms with Crippen LogP contribution in [0.3, 0.4) is 0 Å². The van der Waals surface area contributed by atoms with Crippen molar-refractivity contribution < 1.29 is 19.1 Å². The lowest BCUT2D eigenvalue weighted by Crippen LogP contribution is -2.28. The number of ether oxygens (including phenoxy) is 1. The molecule has 3 rings (SSSR count). The van der Waals surface area contributed by atoms with E-state index < -0.39 is 12.0 Å². The zero-order valence-electron chi connectivity index (χ0n) is 20.7. The number of hydrogen-bond donors (Lipinski definition) is 2. The molecule has 196 valence electrons. The molecule has 0 saturated carbocycles. The second kappa shape index (κ2) is 12.9. The van der Waals surface area contributed by atoms with Crippen LogP contribution in [-0.2, 0) is 16.1 Å². The number of anilines is 1. The number of nitrogens with one attached hydrogen (secondary N) is 2. The minimum absolute atomic E-state index is 0.0722. The maximum Gasteiger partial charge on any atom is 0.338 e. The molecule has 0 aliphatic carbocycles. The Bertz CT molecular complexity index is 1300. The van der Waals surface area contributed by atoms with Crippen LogP contribution >= 0.6 is 35.0 Å². The lowest BCUT2D eigenvalue weighted by molar-refractivity contribution is -0.113. The lowest BCUT2D eigenvalue weighted by atomic mass is 10.2. The van der Waals surface area contributed by atoms with Gasteiger partial charge in [0.15, 0.2) is 11.0 Å². The summed E-state index contributed by atoms with van der Waals surface area (Å²) in [6, 6.07) is 10.8. The van der Waals surface area contributed by atoms with Crippen molar-refractivity contribution in [1.82, 2.24) is 20.1 Å². The molecule has 0 aliphatic heterocycles. The molecule has 9 nitrogen and oxygen atoms in total. The molecule has 0 spiro atoms. The van der Waals surface area contributed by atoms with Gasteiger partial charge in [-0.3, -0.25) is 9.59 Å². The number of carbonyl (C=O) groups excluding carboxylic acids is 3. The third-order valence-electron chi connectivity index (χ3n) is 5.04. The van der Waals surface area contributed by atoms with Crippen LogP contribution in [0.2, 0.25) is 10.0 Å². The van der Waals surface area contributed by atoms with Crippen LogP contribution in [-0.4, -0.2) is 44.4 Å². The van der Waals surface area contributed by atoms with Gasteiger partial charge in [-0.2, -0.15) is 0 Å². The van der Waals surface area contributed by atoms with Gasteiger partial charge in [-0.15, -0.1) is 10.2 Å². The minimum atomic E-state index is -0.454. The van der Waals surface area contributed by atoms with Gasteiger partial charge in [-0.25, -0.2) is 4.79 Å². The Morgan fingerprint density at radius 3 is 2.46 bits per heavy atom. The van der Waals surface area contributed by atoms with Crippen molar-refractivity contribution in [3.05, 3.63) is 69.5 Å². The van der Waals surface area contributed by atoms with Crippen molar-refractivity contribution >= 4 is 58.4 Å². The summed E-state index contributed by atoms with van der Waals surface area (Å²) >= 11 is 13.2. The molecule has 12 heteroatoms. The first-order valence-electron chi connectivity index (χ1n) is 11.5. The molecule has 37 heavy (non-hydrogen) atoms. The Balaban J connectivity index is 1.61. The number of rotatable bonds is 10. The van der Waals surface area contributed by atoms with E-state index in [2.05, 4.69) is 20.8 Å². The van der Waals surface area contributed by atoms with Crippen LogP contribution < -0.4 is 10.6 Å². The van der Waals surface area contributed by atoms with Gasteiger partial charge in [0.05, 0.1) is 33.5 Å². The van der Waals surface area contributed by atoms with Gasteiger partial charge in [-0.05, 0) is 64.1 Å². The van der Waals surface area contributed by atoms with Gasteiger partial charge in [-0.1, -0.05) is 41.0 Å². The minimum Gasteiger partial charge on any atom is -0.459 e. The second-order valence-electron chi connectivity index (χ2n) is 8.28. The van der Waals surface area contributed by atoms with Crippen LogP contribution in [0.1, 0.15) is 60.3 Å². The van der Waals surface area contributed by atoms with Crippen molar-refractivity contribution in [2.45, 2.75) is 51.5 Å². The second-order valence-corrected chi connectivity index (χ2v) is 10.0. The van der Waals surface area contributed by atoms with E-state index in [0.717, 1.165) is 0 Å². The first-order valence-corrected chi connectivity index (χ1v) is 13.3. The molecule has 0 aliphatic rings. The number of thioether (sulfide) groups is 1. The van der Waals surface area contributed by atoms with Crippen LogP contribution in [0.15, 0.2) is 47.6 Å². The average Bonchev–Trinajstić information content (AvgIpc) is 3.27. The molecule has 1 heterocycles. The largest absolute Gasteiger partial charge is 0.459 e. The quantitative estimate of drug-likeness (QED) is 0.251. The highest BCUT2D eigenvalue weighted by molar-refractivity contribution is 7.99. The highest BCUT2D eigenvalue weighted by Gasteiger charge is 2.21. The molecule has 2 amide bonds. The summed E-state index contributed by atoms with van der Waals surface area (Å²) in [7, 11) is 0. The van der Waals surface area contributed by atoms with E-state index in [-0.39, 0.29) is 28.7 Å². The summed E-state index contributed by atoms with van der Waals surface area (Å²) in [5.74, 6) is -0.431. The Kier molecular flexibility index (Phi) is 9.96. The summed E-state index contributed by atoms with van der Waals surface area (Å²) in [6.07, 6.45) is -0.241. The van der Waals surface area contributed by atoms with Crippen molar-refractivity contribution in [1.29, 1.82) is 0 Å². The Morgan fingerprint density at radius 2 is 1.78 bits per heavy atom. The smallest absolute Gasteiger partial charge is 0.338 e. The SMILES string of the molecule is CCn1c(SCC(=O)Nc2cccc(C(=O)OC(C)C)c2)nnc1[C@H](C)NC(=O)c1ccc(Cl)c(Cl)c1. The first-order chi connectivity index (χ1) is 17.6. The zero-order valence-corrected chi connectivity index (χ0v) is 23.1. The summed E-state index contributed by atoms with van der Waals surface area (Å²) in [4.78, 5) is 37.3. The van der Waals surface area contributed by atoms with E-state index >= 15 is 0 Å². The maximum absolute atomic E-state index is 12.6. The number of nitrogens with zero attached hydrogens (tertiary/aromatic N) is 3. The molecule has 0 bridgehead atoms. The van der Waals surface area contributed by atoms with E-state index in [0.29, 0.717) is 39.4 Å². The van der Waals surface area contributed by atoms with Crippen molar-refractivity contribution in [2.75, 3.05) is 11.1 Å². The Hall–Kier alpha value is -3.08. The lowest BCUT2D eigenvalue weighted by Gasteiger charge is -2.15. The zero-order chi connectivity index (χ0) is 27.1. The summed E-state index contributed by atoms with van der Waals surface area (Å²) in [5, 5.41) is 15.3. The maximum atomic E-state index is 12.6. The van der Waals surface area contributed by atoms with Crippen molar-refractivity contribution in [3.63, 3.8) is 0 Å². The van der Waals surface area contributed by atoms with E-state index in [1.807, 2.05) is 11.5 Å². The Morgan fingerprint density at radius 1 is 1.03 bits per heavy atom. The van der Waals surface area contributed by atoms with E-state index in [9.17, 15) is 14.4 Å². The van der Waals surface area contributed by atoms with Gasteiger partial charge in [0.25, 0.3) is 5.91 Å². The first kappa shape index (κ1) is 28.5. The number of hydrogen-bond acceptors (Lipinski definition) is 7. The highest BCUT2D eigenvalue weighted by atomic mass is 35.5. The number of aromatic nitrogens is 3. The van der Waals surface area contributed by atoms with Gasteiger partial charge in [0, 0.05) is 17.8 Å². The van der Waals surface area contributed by atoms with Crippen molar-refractivity contribution in [3.8, 4) is 0 Å². The number of amides is 2. The Labute approximate surface area is 229 Å². The van der Waals surface area contributed by atoms with Gasteiger partial charge in [0.1, 0.15) is 0 Å². The van der Waals surface area contributed by atoms with Gasteiger partial charge >= 0.3 is 5.97 Å². The average molecular weight is 564 g/mol. The molecular formula is C25H27Cl2N5O4S. The van der Waals surface area contributed by atoms with Crippen LogP contribution in [0.5, 0.6) is 0 Å². The van der Waals surface area contributed by atoms with Crippen LogP contribution in [0.25, 0.3) is 0 Å². The third kappa shape index (κ3) is 7.70. The molecule has 0 saturated heterocycles. The van der Waals surface area contributed by atoms with Crippen LogP contribution in [0, 0.1) is 0 Å². The molecule has 2 N–H and O–H groups in total. The highest BCUT2D eigenvalue weighted by Crippen LogP contribution is 2.24. The van der Waals surface area contributed by atoms with E-state index in [4.69, 9.17) is 27.9 Å². The molecular weight excluding hydrogens is 537 g/mol. The fourth-order valence-electron chi connectivity index (χ4n) is 3.34. The number of halogens is 2. The molecule has 2 aromatic carbocycles. The molecule has 1 atom stereocenters. The molecule has 3 aromatic rings. The normalized spacial score (nSPS) is 11.8. The number of benzene rings is 2. The van der Waals surface area contributed by atoms with E-state index in [1.54, 1.807) is 57.2 Å². The molecule has 0 unspecified atom stereocenters. The number of carbonyl (C=O) groups is 3. The van der Waals surface area contributed by atoms with Gasteiger partial charge < -0.3 is 19.9 Å². The predicted molar refractivity (Wildman–Crippen MR) is 144 cm³/mol. The monoisotopic (exact) mass is 563 g/mol. The molecule has 0 radical (unpaired) electrons. The summed E-state index contributed by atoms with van der Waals surface area (Å²) in [5.41, 5.74) is 1.21. The molecule has 1 aromatic heterocycles. The number of esters is 1. The molecule has 0 fully saturated rings. The van der Waals surface area contributed by atoms with Crippen molar-refractivity contribution in [2.24, 2.45) is 0 Å². The van der Waals surface area contributed by atoms with Gasteiger partial charge in [0.2, 0.25) is 5.91 Å². The predicted octanol–water partition coefficient (Wildman–Crippen LogP) is 5.39. The standard InChI is InChI=1S/C25H27Cl2N5O4S/c1-5-32-22(15(4)28-23(34)16-9-10-19(26)20(27)12-16)30-31-25(32)37-13-21(33)29-18-8-6-7-17(11-18)24(35)36-14(2)3/h6-12,14-15H,5,13H2,1-4H3,(H,28,34)(H,29,33)/t15-/m0/s1.